The van der Waals surface area contributed by atoms with Crippen LogP contribution in [-0.2, 0) is 11.3 Å². The Balaban J connectivity index is 1.97. The predicted octanol–water partition coefficient (Wildman–Crippen LogP) is 1.97. The Bertz CT molecular complexity index is 509. The van der Waals surface area contributed by atoms with E-state index in [2.05, 4.69) is 10.4 Å². The van der Waals surface area contributed by atoms with Crippen LogP contribution in [0.1, 0.15) is 18.4 Å². The summed E-state index contributed by atoms with van der Waals surface area (Å²) in [6.45, 7) is 0.509. The van der Waals surface area contributed by atoms with Crippen molar-refractivity contribution >= 4 is 23.0 Å². The molecule has 0 aliphatic heterocycles. The Kier molecular flexibility index (Phi) is 3.98. The van der Waals surface area contributed by atoms with E-state index in [-0.39, 0.29) is 5.91 Å². The van der Waals surface area contributed by atoms with Crippen LogP contribution in [0.2, 0.25) is 0 Å². The van der Waals surface area contributed by atoms with Crippen LogP contribution in [0.5, 0.6) is 0 Å². The highest BCUT2D eigenvalue weighted by Crippen LogP contribution is 2.09. The Hall–Kier alpha value is -1.55. The first-order valence-electron chi connectivity index (χ1n) is 5.55. The second-order valence-electron chi connectivity index (χ2n) is 3.77. The summed E-state index contributed by atoms with van der Waals surface area (Å²) in [5.41, 5.74) is 2.04. The molecule has 2 aromatic heterocycles. The molecule has 5 heteroatoms. The largest absolute Gasteiger partial charge is 0.352 e. The van der Waals surface area contributed by atoms with Crippen LogP contribution in [0, 0.1) is 0 Å². The van der Waals surface area contributed by atoms with Crippen molar-refractivity contribution in [1.29, 1.82) is 0 Å². The molecule has 17 heavy (non-hydrogen) atoms. The van der Waals surface area contributed by atoms with Gasteiger partial charge in [-0.25, -0.2) is 4.52 Å². The molecule has 0 saturated carbocycles. The van der Waals surface area contributed by atoms with Crippen molar-refractivity contribution in [2.75, 3.05) is 5.88 Å². The smallest absolute Gasteiger partial charge is 0.220 e. The zero-order valence-corrected chi connectivity index (χ0v) is 10.2. The molecule has 0 aliphatic carbocycles. The zero-order chi connectivity index (χ0) is 12.1. The van der Waals surface area contributed by atoms with Crippen LogP contribution in [0.3, 0.4) is 0 Å². The van der Waals surface area contributed by atoms with Crippen molar-refractivity contribution in [3.8, 4) is 0 Å². The Labute approximate surface area is 105 Å². The number of halogens is 1. The SMILES string of the molecule is O=C(CCCCl)NCc1cnn2ccccc12. The van der Waals surface area contributed by atoms with Gasteiger partial charge in [0.15, 0.2) is 0 Å². The van der Waals surface area contributed by atoms with Crippen molar-refractivity contribution in [3.05, 3.63) is 36.2 Å². The average molecular weight is 252 g/mol. The molecule has 1 N–H and O–H groups in total. The van der Waals surface area contributed by atoms with E-state index in [4.69, 9.17) is 11.6 Å². The van der Waals surface area contributed by atoms with Gasteiger partial charge in [0.25, 0.3) is 0 Å². The molecule has 0 radical (unpaired) electrons. The molecule has 1 amide bonds. The number of carbonyl (C=O) groups excluding carboxylic acids is 1. The monoisotopic (exact) mass is 251 g/mol. The molecule has 0 aliphatic rings. The first-order valence-corrected chi connectivity index (χ1v) is 6.08. The minimum absolute atomic E-state index is 0.0286. The highest BCUT2D eigenvalue weighted by Gasteiger charge is 2.05. The summed E-state index contributed by atoms with van der Waals surface area (Å²) < 4.78 is 1.79. The molecular formula is C12H14ClN3O. The minimum Gasteiger partial charge on any atom is -0.352 e. The van der Waals surface area contributed by atoms with Gasteiger partial charge in [0.2, 0.25) is 5.91 Å². The first-order chi connectivity index (χ1) is 8.31. The summed E-state index contributed by atoms with van der Waals surface area (Å²) in [4.78, 5) is 11.4. The second kappa shape index (κ2) is 5.68. The summed E-state index contributed by atoms with van der Waals surface area (Å²) in [5.74, 6) is 0.547. The van der Waals surface area contributed by atoms with Crippen LogP contribution >= 0.6 is 11.6 Å². The molecule has 4 nitrogen and oxygen atoms in total. The van der Waals surface area contributed by atoms with Crippen LogP contribution < -0.4 is 5.32 Å². The number of alkyl halides is 1. The molecule has 0 unspecified atom stereocenters. The van der Waals surface area contributed by atoms with Crippen molar-refractivity contribution < 1.29 is 4.79 Å². The number of aromatic nitrogens is 2. The Morgan fingerprint density at radius 2 is 2.35 bits per heavy atom. The second-order valence-corrected chi connectivity index (χ2v) is 4.15. The fourth-order valence-electron chi connectivity index (χ4n) is 1.63. The zero-order valence-electron chi connectivity index (χ0n) is 9.40. The maximum absolute atomic E-state index is 11.4. The average Bonchev–Trinajstić information content (AvgIpc) is 2.77. The number of amides is 1. The molecule has 0 saturated heterocycles. The van der Waals surface area contributed by atoms with E-state index in [0.29, 0.717) is 25.3 Å². The summed E-state index contributed by atoms with van der Waals surface area (Å²) in [6, 6.07) is 5.85. The van der Waals surface area contributed by atoms with E-state index in [1.54, 1.807) is 10.7 Å². The minimum atomic E-state index is 0.0286. The van der Waals surface area contributed by atoms with Crippen LogP contribution in [0.25, 0.3) is 5.52 Å². The van der Waals surface area contributed by atoms with E-state index < -0.39 is 0 Å². The van der Waals surface area contributed by atoms with Crippen molar-refractivity contribution in [3.63, 3.8) is 0 Å². The fourth-order valence-corrected chi connectivity index (χ4v) is 1.77. The number of hydrogen-bond acceptors (Lipinski definition) is 2. The molecule has 0 spiro atoms. The van der Waals surface area contributed by atoms with E-state index in [0.717, 1.165) is 11.1 Å². The topological polar surface area (TPSA) is 46.4 Å². The third-order valence-corrected chi connectivity index (χ3v) is 2.79. The van der Waals surface area contributed by atoms with Crippen molar-refractivity contribution in [2.45, 2.75) is 19.4 Å². The Morgan fingerprint density at radius 3 is 3.18 bits per heavy atom. The normalized spacial score (nSPS) is 10.6. The van der Waals surface area contributed by atoms with Crippen molar-refractivity contribution in [2.24, 2.45) is 0 Å². The third kappa shape index (κ3) is 2.97. The molecule has 0 atom stereocenters. The standard InChI is InChI=1S/C12H14ClN3O/c13-6-3-5-12(17)14-8-10-9-15-16-7-2-1-4-11(10)16/h1-2,4,7,9H,3,5-6,8H2,(H,14,17). The summed E-state index contributed by atoms with van der Waals surface area (Å²) in [6.07, 6.45) is 4.84. The summed E-state index contributed by atoms with van der Waals surface area (Å²) in [7, 11) is 0. The van der Waals surface area contributed by atoms with E-state index >= 15 is 0 Å². The number of hydrogen-bond donors (Lipinski definition) is 1. The summed E-state index contributed by atoms with van der Waals surface area (Å²) in [5, 5.41) is 7.06. The van der Waals surface area contributed by atoms with Gasteiger partial charge >= 0.3 is 0 Å². The van der Waals surface area contributed by atoms with E-state index in [1.165, 1.54) is 0 Å². The highest BCUT2D eigenvalue weighted by atomic mass is 35.5. The van der Waals surface area contributed by atoms with Crippen LogP contribution in [-0.4, -0.2) is 21.4 Å². The maximum atomic E-state index is 11.4. The summed E-state index contributed by atoms with van der Waals surface area (Å²) >= 11 is 5.53. The highest BCUT2D eigenvalue weighted by molar-refractivity contribution is 6.17. The van der Waals surface area contributed by atoms with Gasteiger partial charge in [0, 0.05) is 30.6 Å². The van der Waals surface area contributed by atoms with Gasteiger partial charge in [-0.2, -0.15) is 5.10 Å². The number of nitrogens with zero attached hydrogens (tertiary/aromatic N) is 2. The first kappa shape index (κ1) is 11.9. The van der Waals surface area contributed by atoms with Gasteiger partial charge in [0.1, 0.15) is 0 Å². The molecule has 2 rings (SSSR count). The van der Waals surface area contributed by atoms with E-state index in [1.807, 2.05) is 24.4 Å². The van der Waals surface area contributed by atoms with Gasteiger partial charge in [-0.3, -0.25) is 4.79 Å². The van der Waals surface area contributed by atoms with Crippen LogP contribution in [0.4, 0.5) is 0 Å². The van der Waals surface area contributed by atoms with Gasteiger partial charge < -0.3 is 5.32 Å². The lowest BCUT2D eigenvalue weighted by molar-refractivity contribution is -0.121. The molecule has 0 aromatic carbocycles. The quantitative estimate of drug-likeness (QED) is 0.826. The molecule has 90 valence electrons. The van der Waals surface area contributed by atoms with Gasteiger partial charge in [-0.15, -0.1) is 11.6 Å². The van der Waals surface area contributed by atoms with E-state index in [9.17, 15) is 4.79 Å². The number of fused-ring (bicyclic) bond motifs is 1. The number of nitrogens with one attached hydrogen (secondary N) is 1. The number of rotatable bonds is 5. The number of carbonyl (C=O) groups is 1. The molecular weight excluding hydrogens is 238 g/mol. The molecule has 2 aromatic rings. The molecule has 2 heterocycles. The predicted molar refractivity (Wildman–Crippen MR) is 67.0 cm³/mol. The fraction of sp³-hybridized carbons (Fsp3) is 0.333. The lowest BCUT2D eigenvalue weighted by Gasteiger charge is -2.03. The molecule has 0 fully saturated rings. The van der Waals surface area contributed by atoms with Gasteiger partial charge in [0.05, 0.1) is 11.7 Å². The van der Waals surface area contributed by atoms with Gasteiger partial charge in [-0.1, -0.05) is 6.07 Å². The van der Waals surface area contributed by atoms with Crippen molar-refractivity contribution in [1.82, 2.24) is 14.9 Å². The maximum Gasteiger partial charge on any atom is 0.220 e. The molecule has 0 bridgehead atoms. The number of pyridine rings is 1. The third-order valence-electron chi connectivity index (χ3n) is 2.52. The lowest BCUT2D eigenvalue weighted by Crippen LogP contribution is -2.22. The lowest BCUT2D eigenvalue weighted by atomic mass is 10.2. The Morgan fingerprint density at radius 1 is 1.47 bits per heavy atom. The van der Waals surface area contributed by atoms with Gasteiger partial charge in [-0.05, 0) is 18.6 Å². The van der Waals surface area contributed by atoms with Crippen LogP contribution in [0.15, 0.2) is 30.6 Å².